The highest BCUT2D eigenvalue weighted by atomic mass is 19.1. The number of primary amides is 1. The van der Waals surface area contributed by atoms with Gasteiger partial charge in [0.05, 0.1) is 5.70 Å². The number of benzene rings is 1. The lowest BCUT2D eigenvalue weighted by molar-refractivity contribution is 0.1000. The summed E-state index contributed by atoms with van der Waals surface area (Å²) in [6.45, 7) is 4.80. The van der Waals surface area contributed by atoms with Gasteiger partial charge in [-0.05, 0) is 50.1 Å². The van der Waals surface area contributed by atoms with Gasteiger partial charge in [0.1, 0.15) is 17.5 Å². The van der Waals surface area contributed by atoms with E-state index in [-0.39, 0.29) is 17.4 Å². The molecular formula is C20H24F3N3O. The van der Waals surface area contributed by atoms with E-state index in [0.29, 0.717) is 18.4 Å². The minimum atomic E-state index is -0.622. The molecule has 3 N–H and O–H groups in total. The average Bonchev–Trinajstić information content (AvgIpc) is 3.05. The van der Waals surface area contributed by atoms with E-state index < -0.39 is 17.6 Å². The standard InChI is InChI=1S/C14H18FN3O.C6H6F2/c1-3-10-8-13(18(4-2)17-10)11-6-5-9(14(16)19)7-12(11)15;7-5-2-1-3-6(8)4-5/h5-8,10,17H,3-4H2,1-2H3,(H2,16,19);2,4H,1,3H2. The van der Waals surface area contributed by atoms with Gasteiger partial charge < -0.3 is 10.7 Å². The van der Waals surface area contributed by atoms with E-state index in [9.17, 15) is 18.0 Å². The number of carbonyl (C=O) groups excluding carboxylic acids is 1. The fourth-order valence-corrected chi connectivity index (χ4v) is 2.80. The lowest BCUT2D eigenvalue weighted by atomic mass is 10.1. The number of carbonyl (C=O) groups is 1. The molecule has 1 aliphatic heterocycles. The molecular weight excluding hydrogens is 355 g/mol. The van der Waals surface area contributed by atoms with Crippen LogP contribution in [0, 0.1) is 5.82 Å². The second kappa shape index (κ2) is 9.41. The van der Waals surface area contributed by atoms with Crippen LogP contribution < -0.4 is 11.2 Å². The Morgan fingerprint density at radius 2 is 2.04 bits per heavy atom. The monoisotopic (exact) mass is 379 g/mol. The highest BCUT2D eigenvalue weighted by molar-refractivity contribution is 5.93. The zero-order chi connectivity index (χ0) is 20.0. The number of nitrogens with two attached hydrogens (primary N) is 1. The number of hydrogen-bond acceptors (Lipinski definition) is 3. The quantitative estimate of drug-likeness (QED) is 0.817. The van der Waals surface area contributed by atoms with E-state index in [0.717, 1.165) is 24.7 Å². The van der Waals surface area contributed by atoms with Crippen LogP contribution in [0.25, 0.3) is 5.70 Å². The van der Waals surface area contributed by atoms with Crippen molar-refractivity contribution in [2.45, 2.75) is 39.2 Å². The molecule has 1 aromatic carbocycles. The Kier molecular flexibility index (Phi) is 7.24. The van der Waals surface area contributed by atoms with E-state index in [1.54, 1.807) is 12.1 Å². The first-order chi connectivity index (χ1) is 12.8. The zero-order valence-electron chi connectivity index (χ0n) is 15.4. The van der Waals surface area contributed by atoms with Crippen molar-refractivity contribution >= 4 is 11.6 Å². The zero-order valence-corrected chi connectivity index (χ0v) is 15.4. The van der Waals surface area contributed by atoms with Crippen molar-refractivity contribution in [1.29, 1.82) is 0 Å². The molecule has 3 rings (SSSR count). The number of rotatable bonds is 4. The lowest BCUT2D eigenvalue weighted by Gasteiger charge is -2.22. The van der Waals surface area contributed by atoms with Crippen LogP contribution in [-0.4, -0.2) is 23.5 Å². The number of nitrogens with one attached hydrogen (secondary N) is 1. The van der Waals surface area contributed by atoms with E-state index in [2.05, 4.69) is 12.3 Å². The average molecular weight is 379 g/mol. The van der Waals surface area contributed by atoms with E-state index in [1.165, 1.54) is 12.1 Å². The third-order valence-corrected chi connectivity index (χ3v) is 4.27. The molecule has 0 saturated carbocycles. The first-order valence-electron chi connectivity index (χ1n) is 8.92. The van der Waals surface area contributed by atoms with Crippen LogP contribution in [0.1, 0.15) is 49.0 Å². The van der Waals surface area contributed by atoms with Gasteiger partial charge in [-0.2, -0.15) is 0 Å². The maximum Gasteiger partial charge on any atom is 0.248 e. The summed E-state index contributed by atoms with van der Waals surface area (Å²) in [4.78, 5) is 11.0. The number of nitrogens with zero attached hydrogens (tertiary/aromatic N) is 1. The molecule has 27 heavy (non-hydrogen) atoms. The van der Waals surface area contributed by atoms with Crippen LogP contribution in [0.4, 0.5) is 13.2 Å². The fraction of sp³-hybridized carbons (Fsp3) is 0.350. The topological polar surface area (TPSA) is 58.4 Å². The minimum absolute atomic E-state index is 0.183. The molecule has 1 unspecified atom stereocenters. The molecule has 1 amide bonds. The number of allylic oxidation sites excluding steroid dienone is 4. The van der Waals surface area contributed by atoms with Gasteiger partial charge in [0.2, 0.25) is 5.91 Å². The SMILES string of the molecule is CCC1C=C(c2ccc(C(N)=O)cc2F)N(CC)N1.FC1=CCCC(F)=C1. The molecule has 2 aliphatic rings. The van der Waals surface area contributed by atoms with Crippen molar-refractivity contribution in [3.63, 3.8) is 0 Å². The molecule has 1 aliphatic carbocycles. The first-order valence-corrected chi connectivity index (χ1v) is 8.92. The minimum Gasteiger partial charge on any atom is -0.366 e. The van der Waals surface area contributed by atoms with Crippen molar-refractivity contribution in [2.24, 2.45) is 5.73 Å². The Hall–Kier alpha value is -2.54. The van der Waals surface area contributed by atoms with Gasteiger partial charge in [-0.3, -0.25) is 4.79 Å². The summed E-state index contributed by atoms with van der Waals surface area (Å²) in [5, 5.41) is 1.91. The van der Waals surface area contributed by atoms with Crippen molar-refractivity contribution in [3.05, 3.63) is 65.0 Å². The van der Waals surface area contributed by atoms with Crippen LogP contribution in [-0.2, 0) is 0 Å². The second-order valence-corrected chi connectivity index (χ2v) is 6.22. The van der Waals surface area contributed by atoms with Crippen LogP contribution in [0.5, 0.6) is 0 Å². The molecule has 0 saturated heterocycles. The summed E-state index contributed by atoms with van der Waals surface area (Å²) in [6.07, 6.45) is 6.08. The number of halogens is 3. The van der Waals surface area contributed by atoms with Gasteiger partial charge in [0.15, 0.2) is 0 Å². The summed E-state index contributed by atoms with van der Waals surface area (Å²) in [6, 6.07) is 4.55. The fourth-order valence-electron chi connectivity index (χ4n) is 2.80. The smallest absolute Gasteiger partial charge is 0.248 e. The molecule has 146 valence electrons. The van der Waals surface area contributed by atoms with E-state index >= 15 is 0 Å². The van der Waals surface area contributed by atoms with Crippen molar-refractivity contribution in [1.82, 2.24) is 10.4 Å². The Morgan fingerprint density at radius 1 is 1.30 bits per heavy atom. The maximum absolute atomic E-state index is 14.1. The van der Waals surface area contributed by atoms with Gasteiger partial charge in [-0.1, -0.05) is 6.92 Å². The number of amides is 1. The van der Waals surface area contributed by atoms with Crippen LogP contribution in [0.3, 0.4) is 0 Å². The molecule has 1 aromatic rings. The van der Waals surface area contributed by atoms with Gasteiger partial charge in [-0.15, -0.1) is 0 Å². The van der Waals surface area contributed by atoms with Gasteiger partial charge in [0.25, 0.3) is 0 Å². The van der Waals surface area contributed by atoms with Crippen molar-refractivity contribution < 1.29 is 18.0 Å². The normalized spacial score (nSPS) is 18.9. The maximum atomic E-state index is 14.1. The van der Waals surface area contributed by atoms with Crippen LogP contribution in [0.15, 0.2) is 48.1 Å². The van der Waals surface area contributed by atoms with Crippen LogP contribution in [0.2, 0.25) is 0 Å². The third-order valence-electron chi connectivity index (χ3n) is 4.27. The largest absolute Gasteiger partial charge is 0.366 e. The van der Waals surface area contributed by atoms with E-state index in [4.69, 9.17) is 5.73 Å². The second-order valence-electron chi connectivity index (χ2n) is 6.22. The molecule has 0 radical (unpaired) electrons. The highest BCUT2D eigenvalue weighted by Gasteiger charge is 2.23. The summed E-state index contributed by atoms with van der Waals surface area (Å²) in [7, 11) is 0. The molecule has 0 spiro atoms. The molecule has 0 bridgehead atoms. The summed E-state index contributed by atoms with van der Waals surface area (Å²) in [5.41, 5.74) is 9.90. The molecule has 1 atom stereocenters. The number of hydrogen-bond donors (Lipinski definition) is 2. The van der Waals surface area contributed by atoms with Gasteiger partial charge in [-0.25, -0.2) is 18.6 Å². The highest BCUT2D eigenvalue weighted by Crippen LogP contribution is 2.27. The van der Waals surface area contributed by atoms with E-state index in [1.807, 2.05) is 18.0 Å². The molecule has 4 nitrogen and oxygen atoms in total. The third kappa shape index (κ3) is 5.47. The first kappa shape index (κ1) is 20.8. The Morgan fingerprint density at radius 3 is 2.52 bits per heavy atom. The lowest BCUT2D eigenvalue weighted by Crippen LogP contribution is -2.36. The van der Waals surface area contributed by atoms with Crippen LogP contribution >= 0.6 is 0 Å². The molecule has 1 heterocycles. The summed E-state index contributed by atoms with van der Waals surface area (Å²) in [5.74, 6) is -1.86. The molecule has 0 aromatic heterocycles. The van der Waals surface area contributed by atoms with Gasteiger partial charge in [0, 0.05) is 36.2 Å². The van der Waals surface area contributed by atoms with Crippen molar-refractivity contribution in [3.8, 4) is 0 Å². The summed E-state index contributed by atoms with van der Waals surface area (Å²) >= 11 is 0. The van der Waals surface area contributed by atoms with Crippen molar-refractivity contribution in [2.75, 3.05) is 6.54 Å². The summed E-state index contributed by atoms with van der Waals surface area (Å²) < 4.78 is 38.1. The number of hydrazine groups is 1. The Balaban J connectivity index is 0.000000273. The molecule has 7 heteroatoms. The Labute approximate surface area is 157 Å². The van der Waals surface area contributed by atoms with Gasteiger partial charge >= 0.3 is 0 Å². The Bertz CT molecular complexity index is 787. The molecule has 0 fully saturated rings. The predicted octanol–water partition coefficient (Wildman–Crippen LogP) is 4.37. The predicted molar refractivity (Wildman–Crippen MR) is 100 cm³/mol.